The third-order valence-electron chi connectivity index (χ3n) is 6.12. The van der Waals surface area contributed by atoms with Crippen LogP contribution in [0.1, 0.15) is 76.2 Å². The van der Waals surface area contributed by atoms with E-state index in [0.717, 1.165) is 45.3 Å². The summed E-state index contributed by atoms with van der Waals surface area (Å²) in [5, 5.41) is 0. The van der Waals surface area contributed by atoms with E-state index >= 15 is 0 Å². The average molecular weight is 346 g/mol. The number of piperidine rings is 1. The molecular weight excluding hydrogens is 310 g/mol. The molecule has 1 atom stereocenters. The van der Waals surface area contributed by atoms with E-state index in [9.17, 15) is 4.79 Å². The van der Waals surface area contributed by atoms with Gasteiger partial charge in [0.2, 0.25) is 5.91 Å². The minimum Gasteiger partial charge on any atom is -0.342 e. The Morgan fingerprint density at radius 2 is 1.92 bits per heavy atom. The second-order valence-electron chi connectivity index (χ2n) is 8.23. The van der Waals surface area contributed by atoms with Crippen LogP contribution >= 0.6 is 0 Å². The molecule has 4 nitrogen and oxygen atoms in total. The molecule has 0 radical (unpaired) electrons. The fourth-order valence-electron chi connectivity index (χ4n) is 4.69. The Balaban J connectivity index is 1.54. The zero-order chi connectivity index (χ0) is 17.6. The van der Waals surface area contributed by atoms with Crippen molar-refractivity contribution in [2.24, 2.45) is 11.8 Å². The number of carbonyl (C=O) groups excluding carboxylic acids is 1. The van der Waals surface area contributed by atoms with E-state index in [-0.39, 0.29) is 0 Å². The van der Waals surface area contributed by atoms with E-state index in [0.29, 0.717) is 17.7 Å². The maximum atomic E-state index is 12.7. The van der Waals surface area contributed by atoms with Gasteiger partial charge in [0, 0.05) is 44.4 Å². The standard InChI is InChI=1S/C21H35N3O/c1-3-11-24-17(2)15-22-20(24)13-19-10-7-12-23(16-19)21(25)14-18-8-5-4-6-9-18/h15,18-19H,3-14,16H2,1-2H3. The minimum atomic E-state index is 0.407. The predicted octanol–water partition coefficient (Wildman–Crippen LogP) is 4.35. The van der Waals surface area contributed by atoms with Crippen molar-refractivity contribution in [3.8, 4) is 0 Å². The van der Waals surface area contributed by atoms with Gasteiger partial charge in [-0.05, 0) is 50.9 Å². The first-order valence-corrected chi connectivity index (χ1v) is 10.5. The number of likely N-dealkylation sites (tertiary alicyclic amines) is 1. The summed E-state index contributed by atoms with van der Waals surface area (Å²) < 4.78 is 2.36. The molecule has 0 N–H and O–H groups in total. The lowest BCUT2D eigenvalue weighted by Crippen LogP contribution is -2.41. The summed E-state index contributed by atoms with van der Waals surface area (Å²) >= 11 is 0. The third-order valence-corrected chi connectivity index (χ3v) is 6.12. The quantitative estimate of drug-likeness (QED) is 0.768. The molecule has 4 heteroatoms. The minimum absolute atomic E-state index is 0.407. The highest BCUT2D eigenvalue weighted by atomic mass is 16.2. The SMILES string of the molecule is CCCn1c(C)cnc1CC1CCCN(C(=O)CC2CCCCC2)C1. The Kier molecular flexibility index (Phi) is 6.55. The Labute approximate surface area is 153 Å². The molecule has 1 saturated heterocycles. The van der Waals surface area contributed by atoms with Crippen LogP contribution in [0.5, 0.6) is 0 Å². The number of rotatable bonds is 6. The molecule has 2 aliphatic rings. The van der Waals surface area contributed by atoms with Gasteiger partial charge in [-0.3, -0.25) is 4.79 Å². The fourth-order valence-corrected chi connectivity index (χ4v) is 4.69. The van der Waals surface area contributed by atoms with E-state index in [1.807, 2.05) is 6.20 Å². The molecular formula is C21H35N3O. The van der Waals surface area contributed by atoms with Gasteiger partial charge in [0.1, 0.15) is 5.82 Å². The molecule has 0 bridgehead atoms. The van der Waals surface area contributed by atoms with Gasteiger partial charge in [0.15, 0.2) is 0 Å². The Hall–Kier alpha value is -1.32. The third kappa shape index (κ3) is 4.86. The smallest absolute Gasteiger partial charge is 0.222 e. The van der Waals surface area contributed by atoms with Crippen LogP contribution < -0.4 is 0 Å². The maximum absolute atomic E-state index is 12.7. The molecule has 1 unspecified atom stereocenters. The first-order valence-electron chi connectivity index (χ1n) is 10.5. The molecule has 140 valence electrons. The molecule has 0 aromatic carbocycles. The van der Waals surface area contributed by atoms with Crippen molar-refractivity contribution < 1.29 is 4.79 Å². The highest BCUT2D eigenvalue weighted by Crippen LogP contribution is 2.28. The van der Waals surface area contributed by atoms with Gasteiger partial charge in [-0.25, -0.2) is 4.98 Å². The Morgan fingerprint density at radius 1 is 1.16 bits per heavy atom. The first-order chi connectivity index (χ1) is 12.2. The van der Waals surface area contributed by atoms with Gasteiger partial charge >= 0.3 is 0 Å². The van der Waals surface area contributed by atoms with Crippen LogP contribution in [-0.2, 0) is 17.8 Å². The number of carbonyl (C=O) groups is 1. The number of aryl methyl sites for hydroxylation is 1. The van der Waals surface area contributed by atoms with Gasteiger partial charge in [0.05, 0.1) is 0 Å². The van der Waals surface area contributed by atoms with Gasteiger partial charge < -0.3 is 9.47 Å². The molecule has 25 heavy (non-hydrogen) atoms. The maximum Gasteiger partial charge on any atom is 0.222 e. The van der Waals surface area contributed by atoms with E-state index < -0.39 is 0 Å². The van der Waals surface area contributed by atoms with Crippen LogP contribution in [0, 0.1) is 18.8 Å². The van der Waals surface area contributed by atoms with Crippen LogP contribution in [0.25, 0.3) is 0 Å². The van der Waals surface area contributed by atoms with Crippen LogP contribution in [0.2, 0.25) is 0 Å². The fraction of sp³-hybridized carbons (Fsp3) is 0.810. The van der Waals surface area contributed by atoms with Crippen LogP contribution in [0.4, 0.5) is 0 Å². The summed E-state index contributed by atoms with van der Waals surface area (Å²) in [4.78, 5) is 19.5. The number of hydrogen-bond donors (Lipinski definition) is 0. The Bertz CT molecular complexity index is 559. The summed E-state index contributed by atoms with van der Waals surface area (Å²) in [7, 11) is 0. The van der Waals surface area contributed by atoms with Gasteiger partial charge in [-0.1, -0.05) is 26.2 Å². The second kappa shape index (κ2) is 8.86. The number of amides is 1. The van der Waals surface area contributed by atoms with E-state index in [1.54, 1.807) is 0 Å². The topological polar surface area (TPSA) is 38.1 Å². The second-order valence-corrected chi connectivity index (χ2v) is 8.23. The number of aromatic nitrogens is 2. The summed E-state index contributed by atoms with van der Waals surface area (Å²) in [6, 6.07) is 0. The number of imidazole rings is 1. The van der Waals surface area contributed by atoms with Crippen molar-refractivity contribution in [1.29, 1.82) is 0 Å². The molecule has 1 saturated carbocycles. The van der Waals surface area contributed by atoms with Gasteiger partial charge in [0.25, 0.3) is 0 Å². The van der Waals surface area contributed by atoms with Crippen LogP contribution in [-0.4, -0.2) is 33.4 Å². The molecule has 1 aromatic heterocycles. The summed E-state index contributed by atoms with van der Waals surface area (Å²) in [5.74, 6) is 2.84. The molecule has 1 amide bonds. The number of hydrogen-bond acceptors (Lipinski definition) is 2. The van der Waals surface area contributed by atoms with Crippen molar-refractivity contribution in [3.63, 3.8) is 0 Å². The zero-order valence-electron chi connectivity index (χ0n) is 16.2. The van der Waals surface area contributed by atoms with Gasteiger partial charge in [-0.15, -0.1) is 0 Å². The van der Waals surface area contributed by atoms with E-state index in [2.05, 4.69) is 28.3 Å². The monoisotopic (exact) mass is 345 g/mol. The molecule has 1 aromatic rings. The molecule has 2 fully saturated rings. The zero-order valence-corrected chi connectivity index (χ0v) is 16.2. The molecule has 1 aliphatic carbocycles. The lowest BCUT2D eigenvalue weighted by molar-refractivity contribution is -0.134. The predicted molar refractivity (Wildman–Crippen MR) is 101 cm³/mol. The molecule has 0 spiro atoms. The first kappa shape index (κ1) is 18.5. The van der Waals surface area contributed by atoms with Crippen molar-refractivity contribution >= 4 is 5.91 Å². The summed E-state index contributed by atoms with van der Waals surface area (Å²) in [6.07, 6.45) is 13.8. The van der Waals surface area contributed by atoms with Crippen molar-refractivity contribution in [3.05, 3.63) is 17.7 Å². The van der Waals surface area contributed by atoms with Crippen LogP contribution in [0.15, 0.2) is 6.20 Å². The van der Waals surface area contributed by atoms with Gasteiger partial charge in [-0.2, -0.15) is 0 Å². The highest BCUT2D eigenvalue weighted by Gasteiger charge is 2.27. The Morgan fingerprint density at radius 3 is 2.68 bits per heavy atom. The molecule has 3 rings (SSSR count). The normalized spacial score (nSPS) is 22.3. The number of nitrogens with zero attached hydrogens (tertiary/aromatic N) is 3. The summed E-state index contributed by atoms with van der Waals surface area (Å²) in [5.41, 5.74) is 1.26. The largest absolute Gasteiger partial charge is 0.342 e. The van der Waals surface area contributed by atoms with Crippen LogP contribution in [0.3, 0.4) is 0 Å². The average Bonchev–Trinajstić information content (AvgIpc) is 2.97. The molecule has 1 aliphatic heterocycles. The summed E-state index contributed by atoms with van der Waals surface area (Å²) in [6.45, 7) is 7.31. The lowest BCUT2D eigenvalue weighted by atomic mass is 9.86. The van der Waals surface area contributed by atoms with E-state index in [1.165, 1.54) is 50.0 Å². The highest BCUT2D eigenvalue weighted by molar-refractivity contribution is 5.76. The van der Waals surface area contributed by atoms with E-state index in [4.69, 9.17) is 0 Å². The molecule has 2 heterocycles. The lowest BCUT2D eigenvalue weighted by Gasteiger charge is -2.34. The van der Waals surface area contributed by atoms with Crippen molar-refractivity contribution in [2.45, 2.75) is 84.6 Å². The van der Waals surface area contributed by atoms with Crippen molar-refractivity contribution in [2.75, 3.05) is 13.1 Å². The van der Waals surface area contributed by atoms with Crippen molar-refractivity contribution in [1.82, 2.24) is 14.5 Å².